The van der Waals surface area contributed by atoms with Crippen LogP contribution in [0.25, 0.3) is 0 Å². The molecule has 1 aliphatic rings. The fourth-order valence-electron chi connectivity index (χ4n) is 3.03. The van der Waals surface area contributed by atoms with Gasteiger partial charge < -0.3 is 10.2 Å². The van der Waals surface area contributed by atoms with Gasteiger partial charge in [-0.25, -0.2) is 9.40 Å². The first-order valence-corrected chi connectivity index (χ1v) is 9.26. The summed E-state index contributed by atoms with van der Waals surface area (Å²) in [6.07, 6.45) is 0. The zero-order valence-electron chi connectivity index (χ0n) is 16.6. The number of anilines is 1. The average molecular weight is 397 g/mol. The molecule has 8 heteroatoms. The van der Waals surface area contributed by atoms with Crippen molar-refractivity contribution in [1.29, 1.82) is 0 Å². The largest absolute Gasteiger partial charge is 0.347 e. The molecule has 0 saturated carbocycles. The van der Waals surface area contributed by atoms with Gasteiger partial charge >= 0.3 is 0 Å². The summed E-state index contributed by atoms with van der Waals surface area (Å²) in [5.41, 5.74) is 5.24. The Morgan fingerprint density at radius 3 is 2.66 bits per heavy atom. The fourth-order valence-corrected chi connectivity index (χ4v) is 3.03. The molecule has 0 spiro atoms. The summed E-state index contributed by atoms with van der Waals surface area (Å²) in [6, 6.07) is 13.4. The van der Waals surface area contributed by atoms with Crippen LogP contribution in [0.15, 0.2) is 53.5 Å². The van der Waals surface area contributed by atoms with Crippen LogP contribution >= 0.6 is 0 Å². The lowest BCUT2D eigenvalue weighted by Crippen LogP contribution is -2.56. The summed E-state index contributed by atoms with van der Waals surface area (Å²) in [4.78, 5) is 30.8. The van der Waals surface area contributed by atoms with E-state index in [1.165, 1.54) is 17.1 Å². The number of aliphatic imine (C=N–C) groups is 1. The molecular weight excluding hydrogens is 373 g/mol. The molecule has 0 saturated heterocycles. The zero-order chi connectivity index (χ0) is 21.0. The van der Waals surface area contributed by atoms with E-state index in [9.17, 15) is 14.0 Å². The first-order chi connectivity index (χ1) is 13.8. The monoisotopic (exact) mass is 397 g/mol. The molecule has 1 atom stereocenters. The number of rotatable bonds is 6. The number of nitrogens with zero attached hydrogens (tertiary/aromatic N) is 3. The van der Waals surface area contributed by atoms with E-state index in [1.807, 2.05) is 44.1 Å². The van der Waals surface area contributed by atoms with Gasteiger partial charge in [0.05, 0.1) is 11.7 Å². The fraction of sp³-hybridized carbons (Fsp3) is 0.286. The Morgan fingerprint density at radius 2 is 2.00 bits per heavy atom. The molecule has 0 bridgehead atoms. The molecule has 3 rings (SSSR count). The number of hydrazine groups is 1. The van der Waals surface area contributed by atoms with Gasteiger partial charge in [0.25, 0.3) is 11.8 Å². The summed E-state index contributed by atoms with van der Waals surface area (Å²) in [5, 5.41) is 4.13. The Balaban J connectivity index is 1.68. The molecule has 2 N–H and O–H groups in total. The molecule has 0 radical (unpaired) electrons. The van der Waals surface area contributed by atoms with Gasteiger partial charge in [0, 0.05) is 6.54 Å². The summed E-state index contributed by atoms with van der Waals surface area (Å²) in [6.45, 7) is 2.09. The standard InChI is InChI=1S/C21H24FN5O2/c1-14-7-9-17(10-8-14)27-19(28)13-23-20(25-27)21(29)24-12-18(26(2)3)15-5-4-6-16(22)11-15/h4-11,18H,12-13H2,1-3H3,(H,23,25)(H,24,29)/t18-/m1/s1. The number of hydrogen-bond acceptors (Lipinski definition) is 5. The molecule has 0 unspecified atom stereocenters. The number of amides is 2. The van der Waals surface area contributed by atoms with Crippen LogP contribution in [-0.4, -0.2) is 49.7 Å². The maximum absolute atomic E-state index is 13.6. The first kappa shape index (κ1) is 20.5. The SMILES string of the molecule is Cc1ccc(N2NC(C(=O)NC[C@H](c3cccc(F)c3)N(C)C)=NCC2=O)cc1. The Hall–Kier alpha value is -3.26. The minimum Gasteiger partial charge on any atom is -0.347 e. The first-order valence-electron chi connectivity index (χ1n) is 9.26. The van der Waals surface area contributed by atoms with Gasteiger partial charge in [0.2, 0.25) is 5.84 Å². The number of carbonyl (C=O) groups is 2. The smallest absolute Gasteiger partial charge is 0.288 e. The molecule has 1 heterocycles. The van der Waals surface area contributed by atoms with Gasteiger partial charge in [-0.2, -0.15) is 0 Å². The number of likely N-dealkylation sites (N-methyl/N-ethyl adjacent to an activating group) is 1. The Labute approximate surface area is 169 Å². The second-order valence-corrected chi connectivity index (χ2v) is 7.09. The van der Waals surface area contributed by atoms with Crippen LogP contribution < -0.4 is 15.8 Å². The molecule has 0 aromatic heterocycles. The molecular formula is C21H24FN5O2. The Kier molecular flexibility index (Phi) is 6.23. The van der Waals surface area contributed by atoms with Crippen molar-refractivity contribution in [2.24, 2.45) is 4.99 Å². The highest BCUT2D eigenvalue weighted by Crippen LogP contribution is 2.18. The minimum absolute atomic E-state index is 0.0573. The number of hydrogen-bond donors (Lipinski definition) is 2. The maximum atomic E-state index is 13.6. The van der Waals surface area contributed by atoms with Crippen LogP contribution in [0.4, 0.5) is 10.1 Å². The Bertz CT molecular complexity index is 927. The van der Waals surface area contributed by atoms with Crippen LogP contribution in [0, 0.1) is 12.7 Å². The molecule has 1 aliphatic heterocycles. The molecule has 7 nitrogen and oxygen atoms in total. The van der Waals surface area contributed by atoms with Gasteiger partial charge in [-0.1, -0.05) is 29.8 Å². The molecule has 2 amide bonds. The number of nitrogens with one attached hydrogen (secondary N) is 2. The summed E-state index contributed by atoms with van der Waals surface area (Å²) < 4.78 is 13.6. The van der Waals surface area contributed by atoms with Crippen molar-refractivity contribution in [2.75, 3.05) is 32.2 Å². The normalized spacial score (nSPS) is 15.0. The van der Waals surface area contributed by atoms with Crippen molar-refractivity contribution < 1.29 is 14.0 Å². The minimum atomic E-state index is -0.433. The van der Waals surface area contributed by atoms with Crippen molar-refractivity contribution >= 4 is 23.3 Å². The van der Waals surface area contributed by atoms with Crippen LogP contribution in [0.2, 0.25) is 0 Å². The van der Waals surface area contributed by atoms with Gasteiger partial charge in [-0.15, -0.1) is 0 Å². The van der Waals surface area contributed by atoms with Crippen LogP contribution in [0.5, 0.6) is 0 Å². The zero-order valence-corrected chi connectivity index (χ0v) is 16.6. The quantitative estimate of drug-likeness (QED) is 0.779. The van der Waals surface area contributed by atoms with E-state index in [2.05, 4.69) is 15.7 Å². The van der Waals surface area contributed by atoms with E-state index in [0.29, 0.717) is 5.69 Å². The second kappa shape index (κ2) is 8.83. The topological polar surface area (TPSA) is 77.0 Å². The number of benzene rings is 2. The predicted molar refractivity (Wildman–Crippen MR) is 110 cm³/mol. The number of aryl methyl sites for hydroxylation is 1. The lowest BCUT2D eigenvalue weighted by atomic mass is 10.1. The van der Waals surface area contributed by atoms with E-state index < -0.39 is 5.91 Å². The van der Waals surface area contributed by atoms with Gasteiger partial charge in [0.1, 0.15) is 12.4 Å². The number of halogens is 1. The number of amidine groups is 1. The summed E-state index contributed by atoms with van der Waals surface area (Å²) >= 11 is 0. The molecule has 2 aromatic rings. The van der Waals surface area contributed by atoms with Gasteiger partial charge in [-0.05, 0) is 50.8 Å². The van der Waals surface area contributed by atoms with Crippen LogP contribution in [-0.2, 0) is 9.59 Å². The highest BCUT2D eigenvalue weighted by atomic mass is 19.1. The molecule has 2 aromatic carbocycles. The summed E-state index contributed by atoms with van der Waals surface area (Å²) in [7, 11) is 3.71. The lowest BCUT2D eigenvalue weighted by molar-refractivity contribution is -0.118. The van der Waals surface area contributed by atoms with Crippen LogP contribution in [0.1, 0.15) is 17.2 Å². The van der Waals surface area contributed by atoms with Crippen molar-refractivity contribution in [2.45, 2.75) is 13.0 Å². The average Bonchev–Trinajstić information content (AvgIpc) is 2.69. The number of carbonyl (C=O) groups excluding carboxylic acids is 2. The third-order valence-electron chi connectivity index (χ3n) is 4.66. The van der Waals surface area contributed by atoms with E-state index in [0.717, 1.165) is 11.1 Å². The van der Waals surface area contributed by atoms with E-state index in [-0.39, 0.29) is 36.7 Å². The lowest BCUT2D eigenvalue weighted by Gasteiger charge is -2.29. The molecule has 0 aliphatic carbocycles. The van der Waals surface area contributed by atoms with Crippen molar-refractivity contribution in [3.05, 3.63) is 65.5 Å². The highest BCUT2D eigenvalue weighted by molar-refractivity contribution is 6.39. The molecule has 29 heavy (non-hydrogen) atoms. The van der Waals surface area contributed by atoms with Crippen molar-refractivity contribution in [3.63, 3.8) is 0 Å². The maximum Gasteiger partial charge on any atom is 0.288 e. The van der Waals surface area contributed by atoms with Gasteiger partial charge in [0.15, 0.2) is 0 Å². The molecule has 152 valence electrons. The third kappa shape index (κ3) is 4.97. The van der Waals surface area contributed by atoms with Gasteiger partial charge in [-0.3, -0.25) is 20.0 Å². The Morgan fingerprint density at radius 1 is 1.28 bits per heavy atom. The second-order valence-electron chi connectivity index (χ2n) is 7.09. The third-order valence-corrected chi connectivity index (χ3v) is 4.66. The van der Waals surface area contributed by atoms with Crippen LogP contribution in [0.3, 0.4) is 0 Å². The molecule has 0 fully saturated rings. The highest BCUT2D eigenvalue weighted by Gasteiger charge is 2.26. The van der Waals surface area contributed by atoms with Crippen molar-refractivity contribution in [1.82, 2.24) is 15.6 Å². The predicted octanol–water partition coefficient (Wildman–Crippen LogP) is 1.80. The van der Waals surface area contributed by atoms with E-state index in [1.54, 1.807) is 18.2 Å². The summed E-state index contributed by atoms with van der Waals surface area (Å²) in [5.74, 6) is -0.956. The van der Waals surface area contributed by atoms with E-state index in [4.69, 9.17) is 0 Å². The van der Waals surface area contributed by atoms with E-state index >= 15 is 0 Å². The van der Waals surface area contributed by atoms with Crippen molar-refractivity contribution in [3.8, 4) is 0 Å².